The highest BCUT2D eigenvalue weighted by molar-refractivity contribution is 7.19. The Labute approximate surface area is 117 Å². The Balaban J connectivity index is 2.37. The van der Waals surface area contributed by atoms with Gasteiger partial charge in [0, 0.05) is 18.8 Å². The van der Waals surface area contributed by atoms with Crippen LogP contribution in [0.25, 0.3) is 4.96 Å². The van der Waals surface area contributed by atoms with Crippen LogP contribution in [0, 0.1) is 13.8 Å². The fourth-order valence-electron chi connectivity index (χ4n) is 2.26. The summed E-state index contributed by atoms with van der Waals surface area (Å²) in [5.74, 6) is 0.955. The van der Waals surface area contributed by atoms with E-state index < -0.39 is 0 Å². The Kier molecular flexibility index (Phi) is 4.19. The molecule has 6 heteroatoms. The third kappa shape index (κ3) is 2.49. The first-order chi connectivity index (χ1) is 9.10. The highest BCUT2D eigenvalue weighted by atomic mass is 32.1. The van der Waals surface area contributed by atoms with Gasteiger partial charge in [-0.3, -0.25) is 9.20 Å². The number of hydrogen-bond acceptors (Lipinski definition) is 4. The number of carbonyl (C=O) groups is 1. The predicted octanol–water partition coefficient (Wildman–Crippen LogP) is 2.67. The summed E-state index contributed by atoms with van der Waals surface area (Å²) < 4.78 is 1.95. The third-order valence-corrected chi connectivity index (χ3v) is 4.24. The van der Waals surface area contributed by atoms with Crippen molar-refractivity contribution in [3.05, 3.63) is 16.4 Å². The Morgan fingerprint density at radius 3 is 2.37 bits per heavy atom. The second-order valence-electron chi connectivity index (χ2n) is 4.67. The lowest BCUT2D eigenvalue weighted by Gasteiger charge is -2.20. The molecule has 0 aliphatic carbocycles. The largest absolute Gasteiger partial charge is 0.338 e. The lowest BCUT2D eigenvalue weighted by Crippen LogP contribution is -2.32. The minimum Gasteiger partial charge on any atom is -0.338 e. The second-order valence-corrected chi connectivity index (χ2v) is 5.65. The van der Waals surface area contributed by atoms with Crippen LogP contribution in [-0.2, 0) is 0 Å². The predicted molar refractivity (Wildman–Crippen MR) is 76.8 cm³/mol. The van der Waals surface area contributed by atoms with E-state index in [0.29, 0.717) is 0 Å². The molecule has 0 saturated heterocycles. The van der Waals surface area contributed by atoms with Crippen LogP contribution >= 0.6 is 11.3 Å². The SMILES string of the molecule is CCCN(CCC)C(=O)c1sc2nnc(C)n2c1C. The molecule has 2 aromatic heterocycles. The van der Waals surface area contributed by atoms with Crippen molar-refractivity contribution in [2.24, 2.45) is 0 Å². The first-order valence-corrected chi connectivity index (χ1v) is 7.52. The third-order valence-electron chi connectivity index (χ3n) is 3.12. The van der Waals surface area contributed by atoms with Crippen molar-refractivity contribution in [2.45, 2.75) is 40.5 Å². The first kappa shape index (κ1) is 14.0. The summed E-state index contributed by atoms with van der Waals surface area (Å²) >= 11 is 1.43. The zero-order chi connectivity index (χ0) is 14.0. The summed E-state index contributed by atoms with van der Waals surface area (Å²) in [6.07, 6.45) is 1.96. The van der Waals surface area contributed by atoms with Crippen LogP contribution in [0.4, 0.5) is 0 Å². The molecular formula is C13H20N4OS. The Bertz CT molecular complexity index is 581. The fourth-order valence-corrected chi connectivity index (χ4v) is 3.34. The van der Waals surface area contributed by atoms with E-state index in [1.807, 2.05) is 23.1 Å². The van der Waals surface area contributed by atoms with Crippen LogP contribution in [0.5, 0.6) is 0 Å². The number of hydrogen-bond donors (Lipinski definition) is 0. The summed E-state index contributed by atoms with van der Waals surface area (Å²) in [6.45, 7) is 9.68. The van der Waals surface area contributed by atoms with Crippen LogP contribution in [0.1, 0.15) is 47.9 Å². The van der Waals surface area contributed by atoms with E-state index in [2.05, 4.69) is 24.0 Å². The molecule has 19 heavy (non-hydrogen) atoms. The van der Waals surface area contributed by atoms with Crippen LogP contribution in [0.15, 0.2) is 0 Å². The molecule has 0 spiro atoms. The normalized spacial score (nSPS) is 11.2. The van der Waals surface area contributed by atoms with E-state index in [1.54, 1.807) is 0 Å². The molecule has 0 fully saturated rings. The van der Waals surface area contributed by atoms with E-state index in [9.17, 15) is 4.79 Å². The van der Waals surface area contributed by atoms with Crippen molar-refractivity contribution < 1.29 is 4.79 Å². The summed E-state index contributed by atoms with van der Waals surface area (Å²) in [4.78, 5) is 16.1. The van der Waals surface area contributed by atoms with Gasteiger partial charge in [0.05, 0.1) is 0 Å². The molecule has 0 aromatic carbocycles. The van der Waals surface area contributed by atoms with Gasteiger partial charge in [-0.15, -0.1) is 10.2 Å². The van der Waals surface area contributed by atoms with Crippen molar-refractivity contribution in [2.75, 3.05) is 13.1 Å². The summed E-state index contributed by atoms with van der Waals surface area (Å²) in [7, 11) is 0. The van der Waals surface area contributed by atoms with E-state index >= 15 is 0 Å². The highest BCUT2D eigenvalue weighted by Gasteiger charge is 2.22. The Morgan fingerprint density at radius 1 is 1.21 bits per heavy atom. The number of fused-ring (bicyclic) bond motifs is 1. The molecule has 2 heterocycles. The van der Waals surface area contributed by atoms with Gasteiger partial charge in [-0.2, -0.15) is 0 Å². The monoisotopic (exact) mass is 280 g/mol. The molecule has 0 saturated carbocycles. The van der Waals surface area contributed by atoms with E-state index in [4.69, 9.17) is 0 Å². The van der Waals surface area contributed by atoms with E-state index in [1.165, 1.54) is 11.3 Å². The van der Waals surface area contributed by atoms with E-state index in [-0.39, 0.29) is 5.91 Å². The van der Waals surface area contributed by atoms with Crippen molar-refractivity contribution in [1.82, 2.24) is 19.5 Å². The summed E-state index contributed by atoms with van der Waals surface area (Å²) in [5.41, 5.74) is 0.949. The maximum atomic E-state index is 12.6. The molecule has 2 aromatic rings. The van der Waals surface area contributed by atoms with Gasteiger partial charge >= 0.3 is 0 Å². The molecule has 0 bridgehead atoms. The Hall–Kier alpha value is -1.43. The van der Waals surface area contributed by atoms with Crippen molar-refractivity contribution in [3.63, 3.8) is 0 Å². The van der Waals surface area contributed by atoms with Crippen molar-refractivity contribution in [1.29, 1.82) is 0 Å². The zero-order valence-corrected chi connectivity index (χ0v) is 12.8. The van der Waals surface area contributed by atoms with Gasteiger partial charge < -0.3 is 4.90 Å². The molecule has 0 radical (unpaired) electrons. The van der Waals surface area contributed by atoms with Crippen LogP contribution in [0.2, 0.25) is 0 Å². The number of aromatic nitrogens is 3. The molecule has 5 nitrogen and oxygen atoms in total. The maximum Gasteiger partial charge on any atom is 0.265 e. The number of thiazole rings is 1. The molecule has 0 atom stereocenters. The lowest BCUT2D eigenvalue weighted by atomic mass is 10.3. The molecule has 0 N–H and O–H groups in total. The van der Waals surface area contributed by atoms with Gasteiger partial charge in [0.25, 0.3) is 5.91 Å². The number of aryl methyl sites for hydroxylation is 2. The quantitative estimate of drug-likeness (QED) is 0.846. The minimum atomic E-state index is 0.121. The molecular weight excluding hydrogens is 260 g/mol. The van der Waals surface area contributed by atoms with Crippen LogP contribution < -0.4 is 0 Å². The van der Waals surface area contributed by atoms with Crippen molar-refractivity contribution in [3.8, 4) is 0 Å². The number of nitrogens with zero attached hydrogens (tertiary/aromatic N) is 4. The standard InChI is InChI=1S/C13H20N4OS/c1-5-7-16(8-6-2)12(18)11-9(3)17-10(4)14-15-13(17)19-11/h5-8H2,1-4H3. The van der Waals surface area contributed by atoms with Crippen LogP contribution in [-0.4, -0.2) is 38.5 Å². The van der Waals surface area contributed by atoms with Crippen molar-refractivity contribution >= 4 is 22.2 Å². The first-order valence-electron chi connectivity index (χ1n) is 6.70. The van der Waals surface area contributed by atoms with Gasteiger partial charge in [0.15, 0.2) is 0 Å². The lowest BCUT2D eigenvalue weighted by molar-refractivity contribution is 0.0759. The molecule has 2 rings (SSSR count). The number of amides is 1. The maximum absolute atomic E-state index is 12.6. The molecule has 0 aliphatic heterocycles. The molecule has 1 amide bonds. The average molecular weight is 280 g/mol. The number of carbonyl (C=O) groups excluding carboxylic acids is 1. The van der Waals surface area contributed by atoms with Gasteiger partial charge in [0.2, 0.25) is 4.96 Å². The average Bonchev–Trinajstić information content (AvgIpc) is 2.90. The van der Waals surface area contributed by atoms with Crippen LogP contribution in [0.3, 0.4) is 0 Å². The molecule has 0 unspecified atom stereocenters. The minimum absolute atomic E-state index is 0.121. The number of rotatable bonds is 5. The van der Waals surface area contributed by atoms with E-state index in [0.717, 1.165) is 47.3 Å². The second kappa shape index (κ2) is 5.69. The van der Waals surface area contributed by atoms with Gasteiger partial charge in [-0.1, -0.05) is 25.2 Å². The topological polar surface area (TPSA) is 50.5 Å². The van der Waals surface area contributed by atoms with Gasteiger partial charge in [0.1, 0.15) is 10.7 Å². The summed E-state index contributed by atoms with van der Waals surface area (Å²) in [6, 6.07) is 0. The van der Waals surface area contributed by atoms with Gasteiger partial charge in [-0.05, 0) is 26.7 Å². The zero-order valence-electron chi connectivity index (χ0n) is 11.9. The highest BCUT2D eigenvalue weighted by Crippen LogP contribution is 2.24. The fraction of sp³-hybridized carbons (Fsp3) is 0.615. The molecule has 0 aliphatic rings. The smallest absolute Gasteiger partial charge is 0.265 e. The van der Waals surface area contributed by atoms with Gasteiger partial charge in [-0.25, -0.2) is 0 Å². The summed E-state index contributed by atoms with van der Waals surface area (Å²) in [5, 5.41) is 8.13. The molecule has 104 valence electrons. The Morgan fingerprint density at radius 2 is 1.84 bits per heavy atom.